The first-order valence-electron chi connectivity index (χ1n) is 6.09. The molecule has 2 unspecified atom stereocenters. The van der Waals surface area contributed by atoms with E-state index in [-0.39, 0.29) is 17.9 Å². The number of nitrogens with zero attached hydrogens (tertiary/aromatic N) is 3. The van der Waals surface area contributed by atoms with Crippen molar-refractivity contribution in [1.29, 1.82) is 0 Å². The molecule has 1 aliphatic rings. The van der Waals surface area contributed by atoms with Crippen LogP contribution in [0.5, 0.6) is 0 Å². The lowest BCUT2D eigenvalue weighted by atomic mass is 9.85. The van der Waals surface area contributed by atoms with E-state index >= 15 is 0 Å². The summed E-state index contributed by atoms with van der Waals surface area (Å²) in [5, 5.41) is 4.08. The molecule has 0 aromatic carbocycles. The number of rotatable bonds is 2. The lowest BCUT2D eigenvalue weighted by Gasteiger charge is -2.28. The standard InChI is InChI=1S/C12H20N4O/c1-15-8-11(7-14-15)16(2)12(17)9-4-3-5-10(13)6-9/h7-10H,3-6,13H2,1-2H3. The van der Waals surface area contributed by atoms with Crippen LogP contribution in [0, 0.1) is 5.92 Å². The molecule has 0 bridgehead atoms. The molecule has 0 saturated heterocycles. The molecule has 5 heteroatoms. The van der Waals surface area contributed by atoms with E-state index in [1.807, 2.05) is 13.2 Å². The van der Waals surface area contributed by atoms with Crippen molar-refractivity contribution in [3.63, 3.8) is 0 Å². The maximum atomic E-state index is 12.3. The van der Waals surface area contributed by atoms with Crippen LogP contribution >= 0.6 is 0 Å². The Balaban J connectivity index is 2.04. The molecule has 0 radical (unpaired) electrons. The van der Waals surface area contributed by atoms with E-state index < -0.39 is 0 Å². The van der Waals surface area contributed by atoms with E-state index in [2.05, 4.69) is 5.10 Å². The zero-order valence-electron chi connectivity index (χ0n) is 10.5. The second-order valence-electron chi connectivity index (χ2n) is 4.89. The third kappa shape index (κ3) is 2.66. The topological polar surface area (TPSA) is 64.2 Å². The van der Waals surface area contributed by atoms with Gasteiger partial charge in [-0.1, -0.05) is 6.42 Å². The van der Waals surface area contributed by atoms with E-state index in [0.29, 0.717) is 0 Å². The fourth-order valence-electron chi connectivity index (χ4n) is 2.43. The molecule has 1 heterocycles. The molecule has 1 saturated carbocycles. The van der Waals surface area contributed by atoms with Gasteiger partial charge in [-0.25, -0.2) is 0 Å². The minimum Gasteiger partial charge on any atom is -0.328 e. The lowest BCUT2D eigenvalue weighted by molar-refractivity contribution is -0.123. The minimum absolute atomic E-state index is 0.0731. The number of amides is 1. The smallest absolute Gasteiger partial charge is 0.229 e. The number of hydrogen-bond donors (Lipinski definition) is 1. The number of anilines is 1. The molecule has 1 aliphatic carbocycles. The summed E-state index contributed by atoms with van der Waals surface area (Å²) in [6.07, 6.45) is 7.42. The highest BCUT2D eigenvalue weighted by atomic mass is 16.2. The average Bonchev–Trinajstić information content (AvgIpc) is 2.74. The monoisotopic (exact) mass is 236 g/mol. The molecule has 1 aromatic rings. The number of carbonyl (C=O) groups excluding carboxylic acids is 1. The predicted molar refractivity (Wildman–Crippen MR) is 66.6 cm³/mol. The van der Waals surface area contributed by atoms with Crippen LogP contribution in [0.1, 0.15) is 25.7 Å². The number of aryl methyl sites for hydroxylation is 1. The van der Waals surface area contributed by atoms with E-state index in [0.717, 1.165) is 31.4 Å². The summed E-state index contributed by atoms with van der Waals surface area (Å²) >= 11 is 0. The number of hydrogen-bond acceptors (Lipinski definition) is 3. The van der Waals surface area contributed by atoms with Crippen molar-refractivity contribution in [3.05, 3.63) is 12.4 Å². The summed E-state index contributed by atoms with van der Waals surface area (Å²) in [4.78, 5) is 14.0. The molecule has 2 rings (SSSR count). The molecule has 2 atom stereocenters. The fraction of sp³-hybridized carbons (Fsp3) is 0.667. The molecule has 94 valence electrons. The Morgan fingerprint density at radius 1 is 1.59 bits per heavy atom. The van der Waals surface area contributed by atoms with Crippen LogP contribution < -0.4 is 10.6 Å². The van der Waals surface area contributed by atoms with Gasteiger partial charge in [0.2, 0.25) is 5.91 Å². The number of aromatic nitrogens is 2. The molecular weight excluding hydrogens is 216 g/mol. The predicted octanol–water partition coefficient (Wildman–Crippen LogP) is 0.900. The van der Waals surface area contributed by atoms with Crippen molar-refractivity contribution in [3.8, 4) is 0 Å². The SMILES string of the molecule is CN(C(=O)C1CCCC(N)C1)c1cnn(C)c1. The molecule has 0 aliphatic heterocycles. The molecule has 5 nitrogen and oxygen atoms in total. The maximum Gasteiger partial charge on any atom is 0.229 e. The highest BCUT2D eigenvalue weighted by molar-refractivity contribution is 5.94. The molecule has 17 heavy (non-hydrogen) atoms. The number of nitrogens with two attached hydrogens (primary N) is 1. The van der Waals surface area contributed by atoms with Crippen LogP contribution in [0.15, 0.2) is 12.4 Å². The Hall–Kier alpha value is -1.36. The molecular formula is C12H20N4O. The maximum absolute atomic E-state index is 12.3. The van der Waals surface area contributed by atoms with Crippen LogP contribution in [0.2, 0.25) is 0 Å². The van der Waals surface area contributed by atoms with Gasteiger partial charge in [-0.15, -0.1) is 0 Å². The average molecular weight is 236 g/mol. The minimum atomic E-state index is 0.0731. The van der Waals surface area contributed by atoms with Crippen molar-refractivity contribution < 1.29 is 4.79 Å². The van der Waals surface area contributed by atoms with E-state index in [4.69, 9.17) is 5.73 Å². The van der Waals surface area contributed by atoms with Crippen LogP contribution in [-0.2, 0) is 11.8 Å². The lowest BCUT2D eigenvalue weighted by Crippen LogP contribution is -2.38. The Morgan fingerprint density at radius 3 is 2.94 bits per heavy atom. The largest absolute Gasteiger partial charge is 0.328 e. The van der Waals surface area contributed by atoms with Crippen LogP contribution in [0.25, 0.3) is 0 Å². The first kappa shape index (κ1) is 12.1. The van der Waals surface area contributed by atoms with Gasteiger partial charge in [0, 0.05) is 32.3 Å². The highest BCUT2D eigenvalue weighted by Gasteiger charge is 2.28. The second kappa shape index (κ2) is 4.87. The summed E-state index contributed by atoms with van der Waals surface area (Å²) < 4.78 is 1.70. The van der Waals surface area contributed by atoms with Gasteiger partial charge < -0.3 is 10.6 Å². The van der Waals surface area contributed by atoms with Gasteiger partial charge >= 0.3 is 0 Å². The Bertz CT molecular complexity index is 401. The van der Waals surface area contributed by atoms with Gasteiger partial charge in [-0.2, -0.15) is 5.10 Å². The Labute approximate surface area is 102 Å². The van der Waals surface area contributed by atoms with E-state index in [1.54, 1.807) is 22.8 Å². The second-order valence-corrected chi connectivity index (χ2v) is 4.89. The van der Waals surface area contributed by atoms with Crippen LogP contribution in [-0.4, -0.2) is 28.8 Å². The summed E-state index contributed by atoms with van der Waals surface area (Å²) in [5.41, 5.74) is 6.76. The quantitative estimate of drug-likeness (QED) is 0.829. The first-order chi connectivity index (χ1) is 8.08. The Morgan fingerprint density at radius 2 is 2.35 bits per heavy atom. The van der Waals surface area contributed by atoms with Crippen molar-refractivity contribution in [2.75, 3.05) is 11.9 Å². The highest BCUT2D eigenvalue weighted by Crippen LogP contribution is 2.26. The first-order valence-corrected chi connectivity index (χ1v) is 6.09. The van der Waals surface area contributed by atoms with Crippen molar-refractivity contribution in [2.24, 2.45) is 18.7 Å². The number of carbonyl (C=O) groups is 1. The summed E-state index contributed by atoms with van der Waals surface area (Å²) in [5.74, 6) is 0.233. The van der Waals surface area contributed by atoms with Gasteiger partial charge in [0.15, 0.2) is 0 Å². The summed E-state index contributed by atoms with van der Waals surface area (Å²) in [6.45, 7) is 0. The van der Waals surface area contributed by atoms with E-state index in [1.165, 1.54) is 0 Å². The van der Waals surface area contributed by atoms with Crippen LogP contribution in [0.3, 0.4) is 0 Å². The molecule has 1 aromatic heterocycles. The summed E-state index contributed by atoms with van der Waals surface area (Å²) in [6, 6.07) is 0.181. The zero-order chi connectivity index (χ0) is 12.4. The van der Waals surface area contributed by atoms with Crippen molar-refractivity contribution in [2.45, 2.75) is 31.7 Å². The van der Waals surface area contributed by atoms with Gasteiger partial charge in [-0.05, 0) is 19.3 Å². The van der Waals surface area contributed by atoms with Crippen LogP contribution in [0.4, 0.5) is 5.69 Å². The van der Waals surface area contributed by atoms with Crippen molar-refractivity contribution in [1.82, 2.24) is 9.78 Å². The molecule has 1 fully saturated rings. The molecule has 1 amide bonds. The molecule has 2 N–H and O–H groups in total. The summed E-state index contributed by atoms with van der Waals surface area (Å²) in [7, 11) is 3.65. The third-order valence-corrected chi connectivity index (χ3v) is 3.47. The van der Waals surface area contributed by atoms with Gasteiger partial charge in [-0.3, -0.25) is 9.48 Å². The van der Waals surface area contributed by atoms with E-state index in [9.17, 15) is 4.79 Å². The zero-order valence-corrected chi connectivity index (χ0v) is 10.5. The van der Waals surface area contributed by atoms with Gasteiger partial charge in [0.1, 0.15) is 0 Å². The van der Waals surface area contributed by atoms with Crippen molar-refractivity contribution >= 4 is 11.6 Å². The normalized spacial score (nSPS) is 24.6. The molecule has 0 spiro atoms. The third-order valence-electron chi connectivity index (χ3n) is 3.47. The van der Waals surface area contributed by atoms with Gasteiger partial charge in [0.25, 0.3) is 0 Å². The Kier molecular flexibility index (Phi) is 3.47. The fourth-order valence-corrected chi connectivity index (χ4v) is 2.43. The van der Waals surface area contributed by atoms with Gasteiger partial charge in [0.05, 0.1) is 11.9 Å².